The van der Waals surface area contributed by atoms with E-state index in [1.165, 1.54) is 12.1 Å². The lowest BCUT2D eigenvalue weighted by Crippen LogP contribution is -2.50. The summed E-state index contributed by atoms with van der Waals surface area (Å²) in [5.41, 5.74) is 3.23. The standard InChI is InChI=1S/C35H37Cl2N3O5S/c1-3-39-46(43,44)31-18-11-25(12-19-31)13-20-34(41)40(24-27-9-16-30(45-2)17-10-27)33(21-26-7-5-4-6-8-26)35(42)38-23-28-14-15-29(36)22-32(28)37/h4-12,14-19,22,33,39H,3,13,20-21,23-24H2,1-2H3,(H,38,42). The van der Waals surface area contributed by atoms with Gasteiger partial charge in [0, 0.05) is 42.5 Å². The van der Waals surface area contributed by atoms with Crippen LogP contribution in [0.25, 0.3) is 0 Å². The molecule has 1 atom stereocenters. The molecule has 11 heteroatoms. The van der Waals surface area contributed by atoms with E-state index < -0.39 is 16.1 Å². The fourth-order valence-electron chi connectivity index (χ4n) is 4.95. The molecule has 0 aliphatic carbocycles. The van der Waals surface area contributed by atoms with E-state index in [-0.39, 0.29) is 42.8 Å². The molecule has 242 valence electrons. The number of carbonyl (C=O) groups excluding carboxylic acids is 2. The van der Waals surface area contributed by atoms with Crippen molar-refractivity contribution in [2.24, 2.45) is 0 Å². The molecule has 0 saturated carbocycles. The molecular formula is C35H37Cl2N3O5S. The van der Waals surface area contributed by atoms with E-state index in [0.717, 1.165) is 16.7 Å². The Morgan fingerprint density at radius 3 is 2.17 bits per heavy atom. The number of aryl methyl sites for hydroxylation is 1. The highest BCUT2D eigenvalue weighted by molar-refractivity contribution is 7.89. The Labute approximate surface area is 280 Å². The van der Waals surface area contributed by atoms with Gasteiger partial charge in [0.2, 0.25) is 21.8 Å². The number of hydrogen-bond acceptors (Lipinski definition) is 5. The normalized spacial score (nSPS) is 11.9. The number of methoxy groups -OCH3 is 1. The Morgan fingerprint density at radius 2 is 1.54 bits per heavy atom. The van der Waals surface area contributed by atoms with Gasteiger partial charge in [0.1, 0.15) is 11.8 Å². The zero-order valence-corrected chi connectivity index (χ0v) is 28.0. The molecule has 0 bridgehead atoms. The zero-order valence-electron chi connectivity index (χ0n) is 25.7. The second-order valence-corrected chi connectivity index (χ2v) is 13.3. The summed E-state index contributed by atoms with van der Waals surface area (Å²) in [6.07, 6.45) is 0.760. The van der Waals surface area contributed by atoms with Gasteiger partial charge >= 0.3 is 0 Å². The molecular weight excluding hydrogens is 645 g/mol. The highest BCUT2D eigenvalue weighted by Gasteiger charge is 2.30. The largest absolute Gasteiger partial charge is 0.497 e. The number of nitrogens with one attached hydrogen (secondary N) is 2. The number of amides is 2. The van der Waals surface area contributed by atoms with Crippen molar-refractivity contribution in [2.45, 2.75) is 50.2 Å². The van der Waals surface area contributed by atoms with Crippen molar-refractivity contribution in [3.05, 3.63) is 129 Å². The maximum Gasteiger partial charge on any atom is 0.243 e. The molecule has 46 heavy (non-hydrogen) atoms. The summed E-state index contributed by atoms with van der Waals surface area (Å²) in [5, 5.41) is 3.91. The zero-order chi connectivity index (χ0) is 33.1. The molecule has 8 nitrogen and oxygen atoms in total. The van der Waals surface area contributed by atoms with E-state index in [0.29, 0.717) is 34.2 Å². The number of nitrogens with zero attached hydrogens (tertiary/aromatic N) is 1. The molecule has 0 radical (unpaired) electrons. The highest BCUT2D eigenvalue weighted by atomic mass is 35.5. The smallest absolute Gasteiger partial charge is 0.243 e. The molecule has 4 aromatic carbocycles. The summed E-state index contributed by atoms with van der Waals surface area (Å²) in [5.74, 6) is 0.134. The fourth-order valence-corrected chi connectivity index (χ4v) is 6.47. The van der Waals surface area contributed by atoms with Gasteiger partial charge in [0.15, 0.2) is 0 Å². The van der Waals surface area contributed by atoms with Gasteiger partial charge in [-0.1, -0.05) is 90.8 Å². The van der Waals surface area contributed by atoms with Crippen molar-refractivity contribution in [3.63, 3.8) is 0 Å². The van der Waals surface area contributed by atoms with Gasteiger partial charge in [-0.3, -0.25) is 9.59 Å². The van der Waals surface area contributed by atoms with Gasteiger partial charge < -0.3 is 15.0 Å². The monoisotopic (exact) mass is 681 g/mol. The number of ether oxygens (including phenoxy) is 1. The van der Waals surface area contributed by atoms with Crippen molar-refractivity contribution in [1.29, 1.82) is 0 Å². The van der Waals surface area contributed by atoms with Crippen molar-refractivity contribution in [3.8, 4) is 5.75 Å². The number of hydrogen-bond donors (Lipinski definition) is 2. The molecule has 0 fully saturated rings. The first-order valence-corrected chi connectivity index (χ1v) is 17.1. The van der Waals surface area contributed by atoms with Crippen LogP contribution in [0.4, 0.5) is 0 Å². The molecule has 0 aromatic heterocycles. The van der Waals surface area contributed by atoms with Gasteiger partial charge in [-0.2, -0.15) is 0 Å². The first-order valence-electron chi connectivity index (χ1n) is 14.9. The Bertz CT molecular complexity index is 1720. The maximum atomic E-state index is 14.0. The molecule has 4 aromatic rings. The van der Waals surface area contributed by atoms with Crippen LogP contribution < -0.4 is 14.8 Å². The fraction of sp³-hybridized carbons (Fsp3) is 0.257. The van der Waals surface area contributed by atoms with E-state index in [1.54, 1.807) is 49.3 Å². The van der Waals surface area contributed by atoms with Crippen LogP contribution in [0.5, 0.6) is 5.75 Å². The van der Waals surface area contributed by atoms with Crippen LogP contribution in [0.2, 0.25) is 10.0 Å². The SMILES string of the molecule is CCNS(=O)(=O)c1ccc(CCC(=O)N(Cc2ccc(OC)cc2)C(Cc2ccccc2)C(=O)NCc2ccc(Cl)cc2Cl)cc1. The minimum atomic E-state index is -3.59. The average molecular weight is 683 g/mol. The predicted molar refractivity (Wildman–Crippen MR) is 181 cm³/mol. The number of halogens is 2. The van der Waals surface area contributed by atoms with Crippen molar-refractivity contribution >= 4 is 45.0 Å². The van der Waals surface area contributed by atoms with Crippen LogP contribution >= 0.6 is 23.2 Å². The minimum absolute atomic E-state index is 0.108. The number of carbonyl (C=O) groups is 2. The summed E-state index contributed by atoms with van der Waals surface area (Å²) in [6.45, 7) is 2.35. The van der Waals surface area contributed by atoms with Gasteiger partial charge in [-0.15, -0.1) is 0 Å². The van der Waals surface area contributed by atoms with E-state index in [1.807, 2.05) is 54.6 Å². The molecule has 0 spiro atoms. The topological polar surface area (TPSA) is 105 Å². The first kappa shape index (κ1) is 35.0. The van der Waals surface area contributed by atoms with Gasteiger partial charge in [-0.25, -0.2) is 13.1 Å². The third-order valence-corrected chi connectivity index (χ3v) is 9.60. The van der Waals surface area contributed by atoms with E-state index >= 15 is 0 Å². The molecule has 0 saturated heterocycles. The van der Waals surface area contributed by atoms with E-state index in [4.69, 9.17) is 27.9 Å². The Hall–Kier alpha value is -3.89. The van der Waals surface area contributed by atoms with Crippen LogP contribution in [0.15, 0.2) is 102 Å². The summed E-state index contributed by atoms with van der Waals surface area (Å²) < 4.78 is 32.5. The molecule has 2 amide bonds. The molecule has 2 N–H and O–H groups in total. The average Bonchev–Trinajstić information content (AvgIpc) is 3.05. The first-order chi connectivity index (χ1) is 22.1. The number of rotatable bonds is 15. The van der Waals surface area contributed by atoms with Gasteiger partial charge in [0.25, 0.3) is 0 Å². The van der Waals surface area contributed by atoms with Gasteiger partial charge in [-0.05, 0) is 65.1 Å². The molecule has 0 aliphatic rings. The van der Waals surface area contributed by atoms with Crippen LogP contribution in [0, 0.1) is 0 Å². The van der Waals surface area contributed by atoms with Crippen molar-refractivity contribution in [1.82, 2.24) is 14.9 Å². The Kier molecular flexibility index (Phi) is 12.6. The lowest BCUT2D eigenvalue weighted by atomic mass is 10.0. The summed E-state index contributed by atoms with van der Waals surface area (Å²) >= 11 is 12.4. The molecule has 0 aliphatic heterocycles. The Morgan fingerprint density at radius 1 is 0.870 bits per heavy atom. The molecule has 1 unspecified atom stereocenters. The van der Waals surface area contributed by atoms with Crippen molar-refractivity contribution < 1.29 is 22.7 Å². The summed E-state index contributed by atoms with van der Waals surface area (Å²) in [6, 6.07) is 27.6. The predicted octanol–water partition coefficient (Wildman–Crippen LogP) is 6.19. The maximum absolute atomic E-state index is 14.0. The van der Waals surface area contributed by atoms with Crippen LogP contribution in [0.3, 0.4) is 0 Å². The van der Waals surface area contributed by atoms with E-state index in [9.17, 15) is 18.0 Å². The highest BCUT2D eigenvalue weighted by Crippen LogP contribution is 2.22. The summed E-state index contributed by atoms with van der Waals surface area (Å²) in [4.78, 5) is 29.7. The number of sulfonamides is 1. The van der Waals surface area contributed by atoms with Crippen LogP contribution in [-0.4, -0.2) is 44.8 Å². The second-order valence-electron chi connectivity index (χ2n) is 10.7. The van der Waals surface area contributed by atoms with Crippen LogP contribution in [0.1, 0.15) is 35.6 Å². The van der Waals surface area contributed by atoms with Crippen LogP contribution in [-0.2, 0) is 45.5 Å². The minimum Gasteiger partial charge on any atom is -0.497 e. The third-order valence-electron chi connectivity index (χ3n) is 7.45. The third kappa shape index (κ3) is 9.80. The Balaban J connectivity index is 1.60. The number of benzene rings is 4. The summed E-state index contributed by atoms with van der Waals surface area (Å²) in [7, 11) is -2.00. The van der Waals surface area contributed by atoms with Crippen molar-refractivity contribution in [2.75, 3.05) is 13.7 Å². The molecule has 4 rings (SSSR count). The molecule has 0 heterocycles. The van der Waals surface area contributed by atoms with Gasteiger partial charge in [0.05, 0.1) is 12.0 Å². The van der Waals surface area contributed by atoms with E-state index in [2.05, 4.69) is 10.0 Å². The quantitative estimate of drug-likeness (QED) is 0.156. The lowest BCUT2D eigenvalue weighted by Gasteiger charge is -2.32. The lowest BCUT2D eigenvalue weighted by molar-refractivity contribution is -0.141. The second kappa shape index (κ2) is 16.6.